The number of hydrogen-bond acceptors (Lipinski definition) is 8. The van der Waals surface area contributed by atoms with Gasteiger partial charge in [0.25, 0.3) is 5.24 Å². The topological polar surface area (TPSA) is 113 Å². The molecule has 3 rings (SSSR count). The van der Waals surface area contributed by atoms with Crippen LogP contribution in [-0.2, 0) is 14.6 Å². The molecule has 36 heavy (non-hydrogen) atoms. The Balaban J connectivity index is 1.76. The largest absolute Gasteiger partial charge is 0.573 e. The number of likely N-dealkylation sites (N-methyl/N-ethyl adjacent to an activating group) is 1. The van der Waals surface area contributed by atoms with E-state index in [1.807, 2.05) is 0 Å². The maximum atomic E-state index is 13.1. The van der Waals surface area contributed by atoms with Gasteiger partial charge in [-0.2, -0.15) is 0 Å². The van der Waals surface area contributed by atoms with Crippen LogP contribution in [0.1, 0.15) is 13.8 Å². The summed E-state index contributed by atoms with van der Waals surface area (Å²) < 4.78 is 71.6. The average Bonchev–Trinajstić information content (AvgIpc) is 2.98. The van der Waals surface area contributed by atoms with Gasteiger partial charge in [-0.1, -0.05) is 11.8 Å². The lowest BCUT2D eigenvalue weighted by Gasteiger charge is -2.37. The molecule has 1 aliphatic rings. The number of sulfone groups is 1. The molecular weight excluding hydrogens is 525 g/mol. The number of hydroxylamine groups is 2. The minimum Gasteiger partial charge on any atom is -0.457 e. The van der Waals surface area contributed by atoms with E-state index in [4.69, 9.17) is 4.74 Å². The van der Waals surface area contributed by atoms with E-state index in [1.54, 1.807) is 13.8 Å². The maximum Gasteiger partial charge on any atom is 0.573 e. The first-order chi connectivity index (χ1) is 16.6. The molecule has 0 spiro atoms. The normalized spacial score (nSPS) is 18.6. The lowest BCUT2D eigenvalue weighted by molar-refractivity contribution is -0.274. The van der Waals surface area contributed by atoms with E-state index in [0.29, 0.717) is 0 Å². The van der Waals surface area contributed by atoms with E-state index < -0.39 is 44.5 Å². The number of halogens is 3. The molecule has 14 heteroatoms. The molecule has 0 bridgehead atoms. The summed E-state index contributed by atoms with van der Waals surface area (Å²) in [7, 11) is -2.57. The highest BCUT2D eigenvalue weighted by molar-refractivity contribution is 8.15. The van der Waals surface area contributed by atoms with Crippen LogP contribution in [0.2, 0.25) is 0 Å². The molecule has 0 unspecified atom stereocenters. The minimum absolute atomic E-state index is 0.0968. The monoisotopic (exact) mass is 548 g/mol. The quantitative estimate of drug-likeness (QED) is 0.280. The summed E-state index contributed by atoms with van der Waals surface area (Å²) >= 11 is 0.982. The lowest BCUT2D eigenvalue weighted by atomic mass is 9.95. The van der Waals surface area contributed by atoms with E-state index in [-0.39, 0.29) is 33.1 Å². The SMILES string of the molecule is CN1C(=O)SC(C)(C)[C@@H]1[C@@H](CS(=O)(=O)c1ccc(Oc2ccc(OC(F)(F)F)cc2)cc1)N(O)C=O. The van der Waals surface area contributed by atoms with Gasteiger partial charge < -0.3 is 14.4 Å². The van der Waals surface area contributed by atoms with Crippen LogP contribution in [0.25, 0.3) is 0 Å². The summed E-state index contributed by atoms with van der Waals surface area (Å²) in [5, 5.41) is 10.1. The molecule has 1 fully saturated rings. The van der Waals surface area contributed by atoms with Crippen LogP contribution >= 0.6 is 11.8 Å². The van der Waals surface area contributed by atoms with Crippen LogP contribution in [0, 0.1) is 0 Å². The van der Waals surface area contributed by atoms with Crippen molar-refractivity contribution in [2.45, 2.75) is 41.9 Å². The van der Waals surface area contributed by atoms with E-state index >= 15 is 0 Å². The predicted molar refractivity (Wildman–Crippen MR) is 124 cm³/mol. The number of benzene rings is 2. The smallest absolute Gasteiger partial charge is 0.457 e. The Kier molecular flexibility index (Phi) is 7.81. The highest BCUT2D eigenvalue weighted by Gasteiger charge is 2.51. The third-order valence-electron chi connectivity index (χ3n) is 5.45. The van der Waals surface area contributed by atoms with Gasteiger partial charge in [0.2, 0.25) is 6.41 Å². The molecular formula is C22H23F3N2O7S2. The van der Waals surface area contributed by atoms with Crippen molar-refractivity contribution in [3.63, 3.8) is 0 Å². The fourth-order valence-corrected chi connectivity index (χ4v) is 6.60. The summed E-state index contributed by atoms with van der Waals surface area (Å²) in [6, 6.07) is 7.85. The average molecular weight is 549 g/mol. The Bertz CT molecular complexity index is 1200. The summed E-state index contributed by atoms with van der Waals surface area (Å²) in [4.78, 5) is 24.7. The zero-order chi connectivity index (χ0) is 26.9. The molecule has 9 nitrogen and oxygen atoms in total. The second-order valence-electron chi connectivity index (χ2n) is 8.45. The fourth-order valence-electron chi connectivity index (χ4n) is 3.93. The molecule has 1 aliphatic heterocycles. The molecule has 196 valence electrons. The summed E-state index contributed by atoms with van der Waals surface area (Å²) in [5.74, 6) is -0.675. The van der Waals surface area contributed by atoms with Crippen LogP contribution in [0.15, 0.2) is 53.4 Å². The third kappa shape index (κ3) is 6.42. The predicted octanol–water partition coefficient (Wildman–Crippen LogP) is 4.31. The molecule has 2 atom stereocenters. The fraction of sp³-hybridized carbons (Fsp3) is 0.364. The highest BCUT2D eigenvalue weighted by Crippen LogP contribution is 2.42. The number of carbonyl (C=O) groups excluding carboxylic acids is 2. The van der Waals surface area contributed by atoms with Gasteiger partial charge in [-0.05, 0) is 62.4 Å². The Morgan fingerprint density at radius 3 is 2.06 bits per heavy atom. The van der Waals surface area contributed by atoms with Gasteiger partial charge in [0, 0.05) is 11.8 Å². The molecule has 0 aliphatic carbocycles. The number of hydrogen-bond donors (Lipinski definition) is 1. The minimum atomic E-state index is -4.82. The van der Waals surface area contributed by atoms with Crippen molar-refractivity contribution in [1.29, 1.82) is 0 Å². The number of alkyl halides is 3. The van der Waals surface area contributed by atoms with E-state index in [9.17, 15) is 36.4 Å². The molecule has 0 aromatic heterocycles. The van der Waals surface area contributed by atoms with Crippen LogP contribution in [0.5, 0.6) is 17.2 Å². The van der Waals surface area contributed by atoms with Crippen LogP contribution in [0.3, 0.4) is 0 Å². The van der Waals surface area contributed by atoms with Crippen LogP contribution < -0.4 is 9.47 Å². The number of carbonyl (C=O) groups is 2. The lowest BCUT2D eigenvalue weighted by Crippen LogP contribution is -2.56. The van der Waals surface area contributed by atoms with E-state index in [1.165, 1.54) is 48.3 Å². The van der Waals surface area contributed by atoms with Crippen molar-refractivity contribution in [3.05, 3.63) is 48.5 Å². The molecule has 2 aromatic rings. The Hall–Kier alpha value is -2.97. The molecule has 0 radical (unpaired) electrons. The van der Waals surface area contributed by atoms with Gasteiger partial charge in [0.1, 0.15) is 17.2 Å². The molecule has 2 amide bonds. The first-order valence-electron chi connectivity index (χ1n) is 10.4. The summed E-state index contributed by atoms with van der Waals surface area (Å²) in [6.07, 6.45) is -4.72. The summed E-state index contributed by atoms with van der Waals surface area (Å²) in [5.41, 5.74) is 0. The van der Waals surface area contributed by atoms with Gasteiger partial charge in [-0.25, -0.2) is 13.5 Å². The number of ether oxygens (including phenoxy) is 2. The van der Waals surface area contributed by atoms with Crippen LogP contribution in [0.4, 0.5) is 18.0 Å². The zero-order valence-electron chi connectivity index (χ0n) is 19.3. The number of rotatable bonds is 9. The van der Waals surface area contributed by atoms with Gasteiger partial charge in [-0.3, -0.25) is 14.8 Å². The van der Waals surface area contributed by atoms with Crippen LogP contribution in [-0.4, -0.2) is 71.2 Å². The van der Waals surface area contributed by atoms with Crippen molar-refractivity contribution in [3.8, 4) is 17.2 Å². The second kappa shape index (κ2) is 10.2. The van der Waals surface area contributed by atoms with Crippen molar-refractivity contribution >= 4 is 33.2 Å². The summed E-state index contributed by atoms with van der Waals surface area (Å²) in [6.45, 7) is 3.44. The Morgan fingerprint density at radius 2 is 1.61 bits per heavy atom. The van der Waals surface area contributed by atoms with Crippen molar-refractivity contribution in [1.82, 2.24) is 9.96 Å². The standard InChI is InChI=1S/C22H23F3N2O7S2/c1-21(2)19(26(3)20(29)35-21)18(27(30)13-28)12-36(31,32)17-10-8-15(9-11-17)33-14-4-6-16(7-5-14)34-22(23,24)25/h4-11,13,18-19,30H,12H2,1-3H3/t18-,19+/m1/s1. The first kappa shape index (κ1) is 27.6. The number of amides is 2. The Labute approximate surface area is 209 Å². The molecule has 1 N–H and O–H groups in total. The third-order valence-corrected chi connectivity index (χ3v) is 8.45. The molecule has 2 aromatic carbocycles. The molecule has 1 heterocycles. The van der Waals surface area contributed by atoms with E-state index in [2.05, 4.69) is 4.74 Å². The van der Waals surface area contributed by atoms with Gasteiger partial charge >= 0.3 is 6.36 Å². The van der Waals surface area contributed by atoms with E-state index in [0.717, 1.165) is 23.9 Å². The van der Waals surface area contributed by atoms with Crippen molar-refractivity contribution < 1.29 is 45.9 Å². The zero-order valence-corrected chi connectivity index (χ0v) is 20.9. The maximum absolute atomic E-state index is 13.1. The second-order valence-corrected chi connectivity index (χ2v) is 12.1. The van der Waals surface area contributed by atoms with Gasteiger partial charge in [0.05, 0.1) is 22.7 Å². The van der Waals surface area contributed by atoms with Gasteiger partial charge in [-0.15, -0.1) is 13.2 Å². The first-order valence-corrected chi connectivity index (χ1v) is 12.8. The molecule has 0 saturated carbocycles. The van der Waals surface area contributed by atoms with Gasteiger partial charge in [0.15, 0.2) is 9.84 Å². The number of thioether (sulfide) groups is 1. The highest BCUT2D eigenvalue weighted by atomic mass is 32.2. The van der Waals surface area contributed by atoms with Crippen molar-refractivity contribution in [2.24, 2.45) is 0 Å². The molecule has 1 saturated heterocycles. The number of nitrogens with zero attached hydrogens (tertiary/aromatic N) is 2. The Morgan fingerprint density at radius 1 is 1.11 bits per heavy atom. The van der Waals surface area contributed by atoms with Crippen molar-refractivity contribution in [2.75, 3.05) is 12.8 Å².